The lowest BCUT2D eigenvalue weighted by atomic mass is 10.0. The van der Waals surface area contributed by atoms with Gasteiger partial charge in [0.1, 0.15) is 13.2 Å². The second-order valence-electron chi connectivity index (χ2n) is 25.2. The molecule has 0 aromatic carbocycles. The number of hydrogen-bond donors (Lipinski definition) is 0. The van der Waals surface area contributed by atoms with Gasteiger partial charge in [-0.15, -0.1) is 0 Å². The molecule has 0 fully saturated rings. The zero-order valence-corrected chi connectivity index (χ0v) is 54.2. The number of esters is 3. The van der Waals surface area contributed by atoms with Crippen molar-refractivity contribution >= 4 is 17.9 Å². The zero-order chi connectivity index (χ0) is 57.1. The van der Waals surface area contributed by atoms with Gasteiger partial charge in [-0.2, -0.15) is 0 Å². The molecule has 0 bridgehead atoms. The molecule has 0 aliphatic carbocycles. The van der Waals surface area contributed by atoms with E-state index in [0.717, 1.165) is 57.8 Å². The summed E-state index contributed by atoms with van der Waals surface area (Å²) < 4.78 is 17.0. The van der Waals surface area contributed by atoms with Gasteiger partial charge in [-0.3, -0.25) is 14.4 Å². The van der Waals surface area contributed by atoms with E-state index >= 15 is 0 Å². The SMILES string of the molecule is CCCCCCCCCCCCCCCCCCCCCCCCCCCCCCC(=O)OCC(COC(=O)CCCCCCCCCCCC)OC(=O)CCCCCCCCCCCCCCCCCCCCCCCCC. The van der Waals surface area contributed by atoms with Crippen LogP contribution in [0.15, 0.2) is 0 Å². The molecule has 0 aliphatic rings. The van der Waals surface area contributed by atoms with E-state index in [1.54, 1.807) is 0 Å². The summed E-state index contributed by atoms with van der Waals surface area (Å²) in [6, 6.07) is 0. The fourth-order valence-electron chi connectivity index (χ4n) is 11.6. The fraction of sp³-hybridized carbons (Fsp3) is 0.959. The smallest absolute Gasteiger partial charge is 0.306 e. The first-order chi connectivity index (χ1) is 39.0. The maximum atomic E-state index is 12.9. The Hall–Kier alpha value is -1.59. The average molecular weight is 1120 g/mol. The highest BCUT2D eigenvalue weighted by molar-refractivity contribution is 5.71. The standard InChI is InChI=1S/C73H142O6/c1-4-7-10-13-16-19-22-24-26-28-30-32-34-35-36-37-38-40-41-43-45-47-49-51-54-57-60-63-66-72(75)78-69-70(68-77-71(74)65-62-59-56-53-21-18-15-12-9-6-3)79-73(76)67-64-61-58-55-52-50-48-46-44-42-39-33-31-29-27-25-23-20-17-14-11-8-5-2/h70H,4-69H2,1-3H3. The van der Waals surface area contributed by atoms with Crippen LogP contribution in [-0.4, -0.2) is 37.2 Å². The van der Waals surface area contributed by atoms with Gasteiger partial charge in [0.15, 0.2) is 6.10 Å². The van der Waals surface area contributed by atoms with Crippen LogP contribution in [0.4, 0.5) is 0 Å². The van der Waals surface area contributed by atoms with Crippen LogP contribution in [-0.2, 0) is 28.6 Å². The minimum Gasteiger partial charge on any atom is -0.462 e. The predicted octanol–water partition coefficient (Wildman–Crippen LogP) is 25.0. The molecule has 1 atom stereocenters. The summed E-state index contributed by atoms with van der Waals surface area (Å²) in [7, 11) is 0. The third-order valence-corrected chi connectivity index (χ3v) is 17.1. The molecule has 1 unspecified atom stereocenters. The average Bonchev–Trinajstić information content (AvgIpc) is 3.45. The molecule has 0 heterocycles. The lowest BCUT2D eigenvalue weighted by molar-refractivity contribution is -0.167. The Bertz CT molecular complexity index is 1190. The number of ether oxygens (including phenoxy) is 3. The molecule has 0 radical (unpaired) electrons. The summed E-state index contributed by atoms with van der Waals surface area (Å²) in [6.45, 7) is 6.73. The van der Waals surface area contributed by atoms with Crippen LogP contribution in [0.2, 0.25) is 0 Å². The molecular weight excluding hydrogens is 973 g/mol. The molecule has 79 heavy (non-hydrogen) atoms. The normalized spacial score (nSPS) is 11.9. The maximum absolute atomic E-state index is 12.9. The maximum Gasteiger partial charge on any atom is 0.306 e. The number of carbonyl (C=O) groups is 3. The number of unbranched alkanes of at least 4 members (excludes halogenated alkanes) is 58. The number of carbonyl (C=O) groups excluding carboxylic acids is 3. The van der Waals surface area contributed by atoms with Gasteiger partial charge in [-0.05, 0) is 19.3 Å². The molecule has 0 aliphatic heterocycles. The van der Waals surface area contributed by atoms with Crippen molar-refractivity contribution in [3.8, 4) is 0 Å². The molecule has 0 saturated heterocycles. The summed E-state index contributed by atoms with van der Waals surface area (Å²) in [4.78, 5) is 38.3. The van der Waals surface area contributed by atoms with Crippen LogP contribution in [0, 0.1) is 0 Å². The Morgan fingerprint density at radius 1 is 0.203 bits per heavy atom. The molecule has 0 aromatic heterocycles. The Kier molecular flexibility index (Phi) is 67.5. The topological polar surface area (TPSA) is 78.9 Å². The van der Waals surface area contributed by atoms with Crippen molar-refractivity contribution in [3.05, 3.63) is 0 Å². The van der Waals surface area contributed by atoms with Crippen molar-refractivity contribution in [1.29, 1.82) is 0 Å². The first-order valence-electron chi connectivity index (χ1n) is 36.5. The van der Waals surface area contributed by atoms with E-state index in [0.29, 0.717) is 19.3 Å². The van der Waals surface area contributed by atoms with E-state index in [1.165, 1.54) is 334 Å². The molecule has 6 nitrogen and oxygen atoms in total. The molecule has 470 valence electrons. The van der Waals surface area contributed by atoms with Crippen LogP contribution < -0.4 is 0 Å². The Labute approximate surface area is 495 Å². The Balaban J connectivity index is 4.08. The van der Waals surface area contributed by atoms with Gasteiger partial charge < -0.3 is 14.2 Å². The lowest BCUT2D eigenvalue weighted by Crippen LogP contribution is -2.30. The van der Waals surface area contributed by atoms with Gasteiger partial charge in [-0.25, -0.2) is 0 Å². The molecule has 0 saturated carbocycles. The molecule has 0 rings (SSSR count). The van der Waals surface area contributed by atoms with Crippen molar-refractivity contribution in [1.82, 2.24) is 0 Å². The van der Waals surface area contributed by atoms with Crippen molar-refractivity contribution in [2.45, 2.75) is 438 Å². The summed E-state index contributed by atoms with van der Waals surface area (Å²) in [5, 5.41) is 0. The lowest BCUT2D eigenvalue weighted by Gasteiger charge is -2.18. The van der Waals surface area contributed by atoms with Crippen LogP contribution in [0.1, 0.15) is 432 Å². The Morgan fingerprint density at radius 3 is 0.506 bits per heavy atom. The van der Waals surface area contributed by atoms with Crippen LogP contribution >= 0.6 is 0 Å². The zero-order valence-electron chi connectivity index (χ0n) is 54.2. The van der Waals surface area contributed by atoms with Gasteiger partial charge >= 0.3 is 17.9 Å². The van der Waals surface area contributed by atoms with E-state index in [9.17, 15) is 14.4 Å². The van der Waals surface area contributed by atoms with Crippen molar-refractivity contribution in [2.75, 3.05) is 13.2 Å². The van der Waals surface area contributed by atoms with E-state index in [4.69, 9.17) is 14.2 Å². The van der Waals surface area contributed by atoms with Gasteiger partial charge in [0.25, 0.3) is 0 Å². The molecule has 0 amide bonds. The second kappa shape index (κ2) is 68.9. The van der Waals surface area contributed by atoms with Gasteiger partial charge in [0.05, 0.1) is 0 Å². The fourth-order valence-corrected chi connectivity index (χ4v) is 11.6. The Morgan fingerprint density at radius 2 is 0.342 bits per heavy atom. The first-order valence-corrected chi connectivity index (χ1v) is 36.5. The highest BCUT2D eigenvalue weighted by Crippen LogP contribution is 2.20. The predicted molar refractivity (Wildman–Crippen MR) is 344 cm³/mol. The number of rotatable bonds is 69. The summed E-state index contributed by atoms with van der Waals surface area (Å²) in [5.74, 6) is -0.823. The second-order valence-corrected chi connectivity index (χ2v) is 25.2. The van der Waals surface area contributed by atoms with Gasteiger partial charge in [-0.1, -0.05) is 393 Å². The monoisotopic (exact) mass is 1120 g/mol. The van der Waals surface area contributed by atoms with Crippen LogP contribution in [0.3, 0.4) is 0 Å². The third kappa shape index (κ3) is 67.1. The summed E-state index contributed by atoms with van der Waals surface area (Å²) in [6.07, 6.45) is 81.6. The molecule has 0 spiro atoms. The molecule has 0 N–H and O–H groups in total. The van der Waals surface area contributed by atoms with Crippen molar-refractivity contribution < 1.29 is 28.6 Å². The minimum absolute atomic E-state index is 0.0605. The third-order valence-electron chi connectivity index (χ3n) is 17.1. The highest BCUT2D eigenvalue weighted by Gasteiger charge is 2.20. The summed E-state index contributed by atoms with van der Waals surface area (Å²) >= 11 is 0. The largest absolute Gasteiger partial charge is 0.462 e. The van der Waals surface area contributed by atoms with E-state index in [2.05, 4.69) is 20.8 Å². The highest BCUT2D eigenvalue weighted by atomic mass is 16.6. The van der Waals surface area contributed by atoms with Crippen molar-refractivity contribution in [2.24, 2.45) is 0 Å². The number of hydrogen-bond acceptors (Lipinski definition) is 6. The van der Waals surface area contributed by atoms with E-state index in [1.807, 2.05) is 0 Å². The quantitative estimate of drug-likeness (QED) is 0.0343. The van der Waals surface area contributed by atoms with E-state index < -0.39 is 6.10 Å². The molecule has 0 aromatic rings. The molecule has 6 heteroatoms. The summed E-state index contributed by atoms with van der Waals surface area (Å²) in [5.41, 5.74) is 0. The van der Waals surface area contributed by atoms with Crippen LogP contribution in [0.25, 0.3) is 0 Å². The minimum atomic E-state index is -0.763. The first kappa shape index (κ1) is 77.4. The van der Waals surface area contributed by atoms with Crippen molar-refractivity contribution in [3.63, 3.8) is 0 Å². The van der Waals surface area contributed by atoms with Gasteiger partial charge in [0.2, 0.25) is 0 Å². The van der Waals surface area contributed by atoms with Gasteiger partial charge in [0, 0.05) is 19.3 Å². The van der Waals surface area contributed by atoms with Crippen LogP contribution in [0.5, 0.6) is 0 Å². The molecular formula is C73H142O6. The van der Waals surface area contributed by atoms with E-state index in [-0.39, 0.29) is 31.1 Å².